The molecule has 1 amide bonds. The first kappa shape index (κ1) is 14.0. The smallest absolute Gasteiger partial charge is 0.226 e. The SMILES string of the molecule is Cc1noc(CCCC(=O)N2CCNC(C)C2C)n1. The minimum atomic E-state index is 0.220. The van der Waals surface area contributed by atoms with Crippen molar-refractivity contribution in [2.75, 3.05) is 13.1 Å². The summed E-state index contributed by atoms with van der Waals surface area (Å²) < 4.78 is 5.03. The van der Waals surface area contributed by atoms with E-state index in [1.807, 2.05) is 4.90 Å². The summed E-state index contributed by atoms with van der Waals surface area (Å²) in [5, 5.41) is 7.11. The Morgan fingerprint density at radius 1 is 1.53 bits per heavy atom. The molecule has 19 heavy (non-hydrogen) atoms. The number of piperazine rings is 1. The lowest BCUT2D eigenvalue weighted by atomic mass is 10.1. The minimum Gasteiger partial charge on any atom is -0.339 e. The van der Waals surface area contributed by atoms with Crippen molar-refractivity contribution in [1.82, 2.24) is 20.4 Å². The Morgan fingerprint density at radius 3 is 3.00 bits per heavy atom. The Bertz CT molecular complexity index is 432. The van der Waals surface area contributed by atoms with Crippen LogP contribution in [0.1, 0.15) is 38.4 Å². The van der Waals surface area contributed by atoms with Crippen LogP contribution in [0, 0.1) is 6.92 Å². The molecule has 0 spiro atoms. The first-order valence-corrected chi connectivity index (χ1v) is 6.90. The molecular formula is C13H22N4O2. The molecule has 0 aliphatic carbocycles. The maximum Gasteiger partial charge on any atom is 0.226 e. The van der Waals surface area contributed by atoms with E-state index in [0.29, 0.717) is 30.6 Å². The summed E-state index contributed by atoms with van der Waals surface area (Å²) in [6, 6.07) is 0.614. The fourth-order valence-electron chi connectivity index (χ4n) is 2.38. The molecule has 0 saturated carbocycles. The van der Waals surface area contributed by atoms with Gasteiger partial charge in [-0.1, -0.05) is 5.16 Å². The van der Waals surface area contributed by atoms with Crippen LogP contribution >= 0.6 is 0 Å². The van der Waals surface area contributed by atoms with Gasteiger partial charge in [-0.3, -0.25) is 4.79 Å². The molecule has 6 heteroatoms. The normalized spacial score (nSPS) is 23.6. The van der Waals surface area contributed by atoms with E-state index in [4.69, 9.17) is 4.52 Å². The Balaban J connectivity index is 1.77. The van der Waals surface area contributed by atoms with Crippen LogP contribution in [0.3, 0.4) is 0 Å². The number of nitrogens with zero attached hydrogens (tertiary/aromatic N) is 3. The summed E-state index contributed by atoms with van der Waals surface area (Å²) >= 11 is 0. The summed E-state index contributed by atoms with van der Waals surface area (Å²) in [5.74, 6) is 1.48. The lowest BCUT2D eigenvalue weighted by molar-refractivity contribution is -0.134. The fourth-order valence-corrected chi connectivity index (χ4v) is 2.38. The molecule has 2 atom stereocenters. The fraction of sp³-hybridized carbons (Fsp3) is 0.769. The molecule has 0 aromatic carbocycles. The number of rotatable bonds is 4. The predicted octanol–water partition coefficient (Wildman–Crippen LogP) is 0.910. The third-order valence-electron chi connectivity index (χ3n) is 3.71. The molecule has 0 bridgehead atoms. The highest BCUT2D eigenvalue weighted by molar-refractivity contribution is 5.76. The molecule has 1 aromatic rings. The predicted molar refractivity (Wildman–Crippen MR) is 70.6 cm³/mol. The van der Waals surface area contributed by atoms with Crippen molar-refractivity contribution in [3.8, 4) is 0 Å². The zero-order chi connectivity index (χ0) is 13.8. The van der Waals surface area contributed by atoms with E-state index in [2.05, 4.69) is 29.3 Å². The molecule has 2 heterocycles. The second-order valence-corrected chi connectivity index (χ2v) is 5.16. The van der Waals surface area contributed by atoms with Gasteiger partial charge in [0.05, 0.1) is 0 Å². The molecule has 106 valence electrons. The Kier molecular flexibility index (Phi) is 4.52. The van der Waals surface area contributed by atoms with Gasteiger partial charge >= 0.3 is 0 Å². The van der Waals surface area contributed by atoms with Gasteiger partial charge in [-0.2, -0.15) is 4.98 Å². The van der Waals surface area contributed by atoms with Crippen molar-refractivity contribution in [1.29, 1.82) is 0 Å². The maximum atomic E-state index is 12.2. The molecule has 2 rings (SSSR count). The van der Waals surface area contributed by atoms with Crippen LogP contribution in [0.2, 0.25) is 0 Å². The van der Waals surface area contributed by atoms with Gasteiger partial charge in [-0.15, -0.1) is 0 Å². The van der Waals surface area contributed by atoms with E-state index >= 15 is 0 Å². The van der Waals surface area contributed by atoms with Crippen LogP contribution in [0.15, 0.2) is 4.52 Å². The van der Waals surface area contributed by atoms with Crippen molar-refractivity contribution >= 4 is 5.91 Å². The van der Waals surface area contributed by atoms with E-state index in [-0.39, 0.29) is 11.9 Å². The zero-order valence-electron chi connectivity index (χ0n) is 11.8. The summed E-state index contributed by atoms with van der Waals surface area (Å²) in [6.45, 7) is 7.67. The Hall–Kier alpha value is -1.43. The van der Waals surface area contributed by atoms with Crippen LogP contribution in [0.25, 0.3) is 0 Å². The summed E-state index contributed by atoms with van der Waals surface area (Å²) in [7, 11) is 0. The second kappa shape index (κ2) is 6.14. The number of nitrogens with one attached hydrogen (secondary N) is 1. The van der Waals surface area contributed by atoms with E-state index in [0.717, 1.165) is 19.5 Å². The molecule has 2 unspecified atom stereocenters. The van der Waals surface area contributed by atoms with Crippen molar-refractivity contribution in [3.63, 3.8) is 0 Å². The van der Waals surface area contributed by atoms with E-state index < -0.39 is 0 Å². The zero-order valence-corrected chi connectivity index (χ0v) is 11.8. The molecular weight excluding hydrogens is 244 g/mol. The average molecular weight is 266 g/mol. The Morgan fingerprint density at radius 2 is 2.32 bits per heavy atom. The number of aromatic nitrogens is 2. The standard InChI is InChI=1S/C13H22N4O2/c1-9-10(2)17(8-7-14-9)13(18)6-4-5-12-15-11(3)16-19-12/h9-10,14H,4-8H2,1-3H3. The topological polar surface area (TPSA) is 71.3 Å². The number of hydrogen-bond donors (Lipinski definition) is 1. The first-order chi connectivity index (χ1) is 9.08. The molecule has 0 radical (unpaired) electrons. The largest absolute Gasteiger partial charge is 0.339 e. The van der Waals surface area contributed by atoms with Gasteiger partial charge in [0.2, 0.25) is 11.8 Å². The van der Waals surface area contributed by atoms with Crippen LogP contribution in [-0.4, -0.2) is 46.1 Å². The van der Waals surface area contributed by atoms with E-state index in [1.165, 1.54) is 0 Å². The highest BCUT2D eigenvalue weighted by Gasteiger charge is 2.27. The lowest BCUT2D eigenvalue weighted by Crippen LogP contribution is -2.57. The van der Waals surface area contributed by atoms with Crippen LogP contribution in [0.5, 0.6) is 0 Å². The number of aryl methyl sites for hydroxylation is 2. The number of carbonyl (C=O) groups excluding carboxylic acids is 1. The van der Waals surface area contributed by atoms with Gasteiger partial charge in [0.15, 0.2) is 5.82 Å². The van der Waals surface area contributed by atoms with Crippen molar-refractivity contribution in [3.05, 3.63) is 11.7 Å². The Labute approximate surface area is 113 Å². The van der Waals surface area contributed by atoms with Gasteiger partial charge in [-0.05, 0) is 27.2 Å². The van der Waals surface area contributed by atoms with Gasteiger partial charge in [0.25, 0.3) is 0 Å². The highest BCUT2D eigenvalue weighted by Crippen LogP contribution is 2.12. The van der Waals surface area contributed by atoms with Crippen LogP contribution in [0.4, 0.5) is 0 Å². The monoisotopic (exact) mass is 266 g/mol. The quantitative estimate of drug-likeness (QED) is 0.877. The van der Waals surface area contributed by atoms with E-state index in [1.54, 1.807) is 6.92 Å². The molecule has 1 fully saturated rings. The third-order valence-corrected chi connectivity index (χ3v) is 3.71. The molecule has 1 N–H and O–H groups in total. The molecule has 1 aliphatic rings. The second-order valence-electron chi connectivity index (χ2n) is 5.16. The third kappa shape index (κ3) is 3.53. The summed E-state index contributed by atoms with van der Waals surface area (Å²) in [5.41, 5.74) is 0. The van der Waals surface area contributed by atoms with Gasteiger partial charge < -0.3 is 14.7 Å². The van der Waals surface area contributed by atoms with Crippen molar-refractivity contribution in [2.24, 2.45) is 0 Å². The summed E-state index contributed by atoms with van der Waals surface area (Å²) in [4.78, 5) is 18.3. The number of carbonyl (C=O) groups is 1. The van der Waals surface area contributed by atoms with Crippen LogP contribution < -0.4 is 5.32 Å². The van der Waals surface area contributed by atoms with Gasteiger partial charge in [0.1, 0.15) is 0 Å². The molecule has 1 aromatic heterocycles. The first-order valence-electron chi connectivity index (χ1n) is 6.90. The van der Waals surface area contributed by atoms with Gasteiger partial charge in [0, 0.05) is 38.0 Å². The molecule has 1 saturated heterocycles. The van der Waals surface area contributed by atoms with Crippen LogP contribution in [-0.2, 0) is 11.2 Å². The minimum absolute atomic E-state index is 0.220. The summed E-state index contributed by atoms with van der Waals surface area (Å²) in [6.07, 6.45) is 1.96. The average Bonchev–Trinajstić information content (AvgIpc) is 2.78. The molecule has 6 nitrogen and oxygen atoms in total. The highest BCUT2D eigenvalue weighted by atomic mass is 16.5. The van der Waals surface area contributed by atoms with Crippen molar-refractivity contribution in [2.45, 2.75) is 52.1 Å². The molecule has 1 aliphatic heterocycles. The maximum absolute atomic E-state index is 12.2. The number of hydrogen-bond acceptors (Lipinski definition) is 5. The lowest BCUT2D eigenvalue weighted by Gasteiger charge is -2.38. The number of amides is 1. The van der Waals surface area contributed by atoms with Gasteiger partial charge in [-0.25, -0.2) is 0 Å². The van der Waals surface area contributed by atoms with E-state index in [9.17, 15) is 4.79 Å². The van der Waals surface area contributed by atoms with Crippen molar-refractivity contribution < 1.29 is 9.32 Å².